The van der Waals surface area contributed by atoms with E-state index in [2.05, 4.69) is 0 Å². The lowest BCUT2D eigenvalue weighted by atomic mass is 10.4. The van der Waals surface area contributed by atoms with Crippen LogP contribution in [-0.4, -0.2) is 39.5 Å². The van der Waals surface area contributed by atoms with E-state index >= 15 is 0 Å². The number of thiophene rings is 1. The van der Waals surface area contributed by atoms with Crippen LogP contribution < -0.4 is 0 Å². The van der Waals surface area contributed by atoms with Crippen LogP contribution in [0.3, 0.4) is 0 Å². The van der Waals surface area contributed by atoms with Crippen LogP contribution in [0.2, 0.25) is 0 Å². The van der Waals surface area contributed by atoms with Crippen LogP contribution in [-0.2, 0) is 20.6 Å². The molecular weight excluding hydrogens is 318 g/mol. The maximum Gasteiger partial charge on any atom is 0.244 e. The first kappa shape index (κ1) is 16.2. The molecule has 1 aliphatic carbocycles. The zero-order valence-corrected chi connectivity index (χ0v) is 14.2. The number of hydrogen-bond acceptors (Lipinski definition) is 4. The molecule has 0 bridgehead atoms. The highest BCUT2D eigenvalue weighted by Crippen LogP contribution is 2.29. The van der Waals surface area contributed by atoms with Crippen molar-refractivity contribution in [3.63, 3.8) is 0 Å². The highest BCUT2D eigenvalue weighted by atomic mass is 35.5. The van der Waals surface area contributed by atoms with E-state index in [1.807, 2.05) is 6.92 Å². The average Bonchev–Trinajstić information content (AvgIpc) is 3.15. The predicted octanol–water partition coefficient (Wildman–Crippen LogP) is 2.84. The normalized spacial score (nSPS) is 16.0. The molecule has 1 heterocycles. The molecular formula is C13H20ClNO3S2. The number of ether oxygens (including phenoxy) is 1. The van der Waals surface area contributed by atoms with E-state index in [1.165, 1.54) is 28.5 Å². The molecule has 1 aromatic rings. The summed E-state index contributed by atoms with van der Waals surface area (Å²) >= 11 is 7.19. The molecule has 0 amide bonds. The third kappa shape index (κ3) is 3.95. The second-order valence-corrected chi connectivity index (χ2v) is 8.73. The molecule has 0 unspecified atom stereocenters. The Balaban J connectivity index is 1.94. The van der Waals surface area contributed by atoms with Gasteiger partial charge in [-0.2, -0.15) is 4.31 Å². The summed E-state index contributed by atoms with van der Waals surface area (Å²) in [6.07, 6.45) is 2.48. The largest absolute Gasteiger partial charge is 0.380 e. The van der Waals surface area contributed by atoms with Crippen molar-refractivity contribution in [1.82, 2.24) is 4.31 Å². The number of hydrogen-bond donors (Lipinski definition) is 0. The van der Waals surface area contributed by atoms with Crippen LogP contribution in [0.1, 0.15) is 22.6 Å². The van der Waals surface area contributed by atoms with Gasteiger partial charge >= 0.3 is 0 Å². The molecule has 0 aromatic carbocycles. The molecule has 1 saturated carbocycles. The molecule has 2 rings (SSSR count). The van der Waals surface area contributed by atoms with Gasteiger partial charge in [-0.05, 0) is 31.7 Å². The third-order valence-corrected chi connectivity index (χ3v) is 6.95. The summed E-state index contributed by atoms with van der Waals surface area (Å²) in [6, 6.07) is 1.67. The molecule has 0 atom stereocenters. The summed E-state index contributed by atoms with van der Waals surface area (Å²) in [5.41, 5.74) is 0. The Morgan fingerprint density at radius 1 is 1.50 bits per heavy atom. The minimum atomic E-state index is -3.44. The molecule has 0 aliphatic heterocycles. The number of likely N-dealkylation sites (N-methyl/N-ethyl adjacent to an activating group) is 1. The van der Waals surface area contributed by atoms with E-state index in [0.29, 0.717) is 29.8 Å². The van der Waals surface area contributed by atoms with Crippen LogP contribution in [0, 0.1) is 12.8 Å². The maximum atomic E-state index is 12.5. The molecule has 114 valence electrons. The van der Waals surface area contributed by atoms with Crippen molar-refractivity contribution in [3.8, 4) is 0 Å². The Hall–Kier alpha value is -0.140. The summed E-state index contributed by atoms with van der Waals surface area (Å²) in [6.45, 7) is 3.38. The topological polar surface area (TPSA) is 46.6 Å². The van der Waals surface area contributed by atoms with Crippen LogP contribution in [0.4, 0.5) is 0 Å². The second-order valence-electron chi connectivity index (χ2n) is 5.11. The number of alkyl halides is 1. The monoisotopic (exact) mass is 337 g/mol. The van der Waals surface area contributed by atoms with Gasteiger partial charge in [-0.1, -0.05) is 0 Å². The van der Waals surface area contributed by atoms with Gasteiger partial charge in [0.25, 0.3) is 0 Å². The summed E-state index contributed by atoms with van der Waals surface area (Å²) in [7, 11) is -1.85. The van der Waals surface area contributed by atoms with Gasteiger partial charge < -0.3 is 4.74 Å². The Morgan fingerprint density at radius 3 is 2.75 bits per heavy atom. The van der Waals surface area contributed by atoms with Crippen LogP contribution in [0.5, 0.6) is 0 Å². The van der Waals surface area contributed by atoms with Gasteiger partial charge in [0.2, 0.25) is 10.0 Å². The summed E-state index contributed by atoms with van der Waals surface area (Å²) in [5.74, 6) is 1.04. The van der Waals surface area contributed by atoms with E-state index in [4.69, 9.17) is 16.3 Å². The fourth-order valence-electron chi connectivity index (χ4n) is 1.86. The number of sulfonamides is 1. The average molecular weight is 338 g/mol. The van der Waals surface area contributed by atoms with E-state index in [9.17, 15) is 8.42 Å². The molecule has 1 aromatic heterocycles. The highest BCUT2D eigenvalue weighted by Gasteiger charge is 2.25. The standard InChI is InChI=1S/C13H20ClNO3S2/c1-10-13(7-12(8-14)19-10)20(16,17)15(2)5-6-18-9-11-3-4-11/h7,11H,3-6,8-9H2,1-2H3. The predicted molar refractivity (Wildman–Crippen MR) is 82.0 cm³/mol. The second kappa shape index (κ2) is 6.75. The molecule has 7 heteroatoms. The van der Waals surface area contributed by atoms with Crippen molar-refractivity contribution in [2.45, 2.75) is 30.5 Å². The van der Waals surface area contributed by atoms with Gasteiger partial charge in [-0.3, -0.25) is 0 Å². The van der Waals surface area contributed by atoms with Crippen LogP contribution in [0.25, 0.3) is 0 Å². The fourth-order valence-corrected chi connectivity index (χ4v) is 4.71. The highest BCUT2D eigenvalue weighted by molar-refractivity contribution is 7.89. The number of halogens is 1. The van der Waals surface area contributed by atoms with Crippen LogP contribution in [0.15, 0.2) is 11.0 Å². The summed E-state index contributed by atoms with van der Waals surface area (Å²) in [5, 5.41) is 0. The van der Waals surface area contributed by atoms with E-state index in [1.54, 1.807) is 13.1 Å². The Morgan fingerprint density at radius 2 is 2.20 bits per heavy atom. The molecule has 0 saturated heterocycles. The first-order chi connectivity index (χ1) is 9.45. The summed E-state index contributed by atoms with van der Waals surface area (Å²) < 4.78 is 31.8. The van der Waals surface area contributed by atoms with Crippen molar-refractivity contribution in [1.29, 1.82) is 0 Å². The first-order valence-electron chi connectivity index (χ1n) is 6.64. The van der Waals surface area contributed by atoms with E-state index in [0.717, 1.165) is 16.4 Å². The number of aryl methyl sites for hydroxylation is 1. The quantitative estimate of drug-likeness (QED) is 0.541. The Kier molecular flexibility index (Phi) is 5.48. The SMILES string of the molecule is Cc1sc(CCl)cc1S(=O)(=O)N(C)CCOCC1CC1. The lowest BCUT2D eigenvalue weighted by Crippen LogP contribution is -2.30. The lowest BCUT2D eigenvalue weighted by molar-refractivity contribution is 0.117. The first-order valence-corrected chi connectivity index (χ1v) is 9.43. The van der Waals surface area contributed by atoms with Gasteiger partial charge in [0, 0.05) is 30.0 Å². The van der Waals surface area contributed by atoms with E-state index < -0.39 is 10.0 Å². The molecule has 0 radical (unpaired) electrons. The fraction of sp³-hybridized carbons (Fsp3) is 0.692. The molecule has 0 N–H and O–H groups in total. The van der Waals surface area contributed by atoms with E-state index in [-0.39, 0.29) is 0 Å². The molecule has 1 fully saturated rings. The van der Waals surface area contributed by atoms with Crippen molar-refractivity contribution in [2.75, 3.05) is 26.8 Å². The third-order valence-electron chi connectivity index (χ3n) is 3.34. The maximum absolute atomic E-state index is 12.5. The summed E-state index contributed by atoms with van der Waals surface area (Å²) in [4.78, 5) is 2.02. The van der Waals surface area contributed by atoms with Crippen LogP contribution >= 0.6 is 22.9 Å². The number of rotatable bonds is 8. The van der Waals surface area contributed by atoms with Crippen molar-refractivity contribution in [3.05, 3.63) is 15.8 Å². The minimum Gasteiger partial charge on any atom is -0.380 e. The van der Waals surface area contributed by atoms with Gasteiger partial charge in [0.1, 0.15) is 0 Å². The van der Waals surface area contributed by atoms with Gasteiger partial charge in [-0.15, -0.1) is 22.9 Å². The Labute approximate surface area is 129 Å². The van der Waals surface area contributed by atoms with Crippen molar-refractivity contribution >= 4 is 33.0 Å². The van der Waals surface area contributed by atoms with Gasteiger partial charge in [0.15, 0.2) is 0 Å². The minimum absolute atomic E-state index is 0.343. The van der Waals surface area contributed by atoms with Gasteiger partial charge in [-0.25, -0.2) is 8.42 Å². The van der Waals surface area contributed by atoms with Crippen molar-refractivity contribution in [2.24, 2.45) is 5.92 Å². The smallest absolute Gasteiger partial charge is 0.244 e. The zero-order chi connectivity index (χ0) is 14.8. The lowest BCUT2D eigenvalue weighted by Gasteiger charge is -2.17. The van der Waals surface area contributed by atoms with Crippen molar-refractivity contribution < 1.29 is 13.2 Å². The molecule has 1 aliphatic rings. The Bertz CT molecular complexity index is 552. The zero-order valence-electron chi connectivity index (χ0n) is 11.8. The molecule has 0 spiro atoms. The number of nitrogens with zero attached hydrogens (tertiary/aromatic N) is 1. The molecule has 4 nitrogen and oxygen atoms in total. The van der Waals surface area contributed by atoms with Gasteiger partial charge in [0.05, 0.1) is 17.4 Å². The molecule has 20 heavy (non-hydrogen) atoms.